The molecule has 1 N–H and O–H groups in total. The van der Waals surface area contributed by atoms with Crippen LogP contribution in [0.2, 0.25) is 5.02 Å². The smallest absolute Gasteiger partial charge is 0.310 e. The third kappa shape index (κ3) is 5.12. The number of esters is 1. The summed E-state index contributed by atoms with van der Waals surface area (Å²) in [5, 5.41) is 10.9. The third-order valence-electron chi connectivity index (χ3n) is 8.92. The predicted octanol–water partition coefficient (Wildman–Crippen LogP) is 5.18. The van der Waals surface area contributed by atoms with E-state index in [2.05, 4.69) is 13.2 Å². The number of carbonyl (C=O) groups is 3. The van der Waals surface area contributed by atoms with Gasteiger partial charge in [0.2, 0.25) is 5.91 Å². The summed E-state index contributed by atoms with van der Waals surface area (Å²) in [4.78, 5) is 45.9. The monoisotopic (exact) mass is 588 g/mol. The first-order valence-electron chi connectivity index (χ1n) is 14.2. The molecule has 3 aliphatic rings. The first-order valence-corrected chi connectivity index (χ1v) is 15.5. The summed E-state index contributed by atoms with van der Waals surface area (Å²) in [6.45, 7) is 13.7. The van der Waals surface area contributed by atoms with Crippen molar-refractivity contribution in [2.24, 2.45) is 17.8 Å². The first-order chi connectivity index (χ1) is 19.2. The Morgan fingerprint density at radius 3 is 2.73 bits per heavy atom. The van der Waals surface area contributed by atoms with Gasteiger partial charge in [0, 0.05) is 11.8 Å². The summed E-state index contributed by atoms with van der Waals surface area (Å²) in [5.74, 6) is -2.24. The van der Waals surface area contributed by atoms with Gasteiger partial charge >= 0.3 is 5.97 Å². The van der Waals surface area contributed by atoms with Crippen LogP contribution in [-0.4, -0.2) is 69.6 Å². The number of aliphatic hydroxyl groups is 1. The van der Waals surface area contributed by atoms with Gasteiger partial charge in [-0.25, -0.2) is 0 Å². The molecule has 2 unspecified atom stereocenters. The molecule has 3 heterocycles. The van der Waals surface area contributed by atoms with Crippen LogP contribution in [0, 0.1) is 24.7 Å². The van der Waals surface area contributed by atoms with E-state index in [1.54, 1.807) is 39.8 Å². The standard InChI is InChI=1S/C31H41ClN2O5S/c1-6-9-10-17-39-30(38)24-23-14-15-31(40-23)25(24)28(36)34(22(18-35)19(4)8-3)27(31)29(37)33(16-7-2)26-20(5)12-11-13-21(26)32/h6-7,11-13,19,22-25,27,35H,1-2,8-10,14-18H2,3-5H3/t19-,22-,23-,24+,25-,27?,31?/m0/s1. The molecular weight excluding hydrogens is 548 g/mol. The summed E-state index contributed by atoms with van der Waals surface area (Å²) in [5.41, 5.74) is 1.42. The second-order valence-corrected chi connectivity index (χ2v) is 13.2. The minimum absolute atomic E-state index is 0.0547. The number of rotatable bonds is 13. The molecule has 0 aliphatic carbocycles. The number of halogens is 1. The molecule has 1 spiro atoms. The molecule has 40 heavy (non-hydrogen) atoms. The van der Waals surface area contributed by atoms with E-state index in [4.69, 9.17) is 16.3 Å². The van der Waals surface area contributed by atoms with E-state index in [1.165, 1.54) is 0 Å². The number of thioether (sulfide) groups is 1. The molecule has 1 aromatic rings. The Kier molecular flexibility index (Phi) is 9.74. The molecule has 9 heteroatoms. The maximum atomic E-state index is 14.8. The van der Waals surface area contributed by atoms with Crippen molar-refractivity contribution in [3.8, 4) is 0 Å². The minimum atomic E-state index is -0.861. The van der Waals surface area contributed by atoms with Gasteiger partial charge in [-0.2, -0.15) is 0 Å². The molecular formula is C31H41ClN2O5S. The fourth-order valence-corrected chi connectivity index (χ4v) is 9.35. The zero-order valence-corrected chi connectivity index (χ0v) is 25.3. The maximum Gasteiger partial charge on any atom is 0.310 e. The lowest BCUT2D eigenvalue weighted by Crippen LogP contribution is -2.59. The van der Waals surface area contributed by atoms with Crippen molar-refractivity contribution in [3.05, 3.63) is 54.1 Å². The number of allylic oxidation sites excluding steroid dienone is 1. The number of anilines is 1. The number of aryl methyl sites for hydroxylation is 1. The second-order valence-electron chi connectivity index (χ2n) is 11.2. The third-order valence-corrected chi connectivity index (χ3v) is 11.2. The van der Waals surface area contributed by atoms with Crippen LogP contribution in [-0.2, 0) is 19.1 Å². The predicted molar refractivity (Wildman–Crippen MR) is 160 cm³/mol. The Balaban J connectivity index is 1.80. The number of nitrogens with zero attached hydrogens (tertiary/aromatic N) is 2. The SMILES string of the molecule is C=CCCCOC(=O)[C@@H]1[C@@H]2CCC3(S2)C(C(=O)N(CC=C)c2c(C)cccc2Cl)N([C@@H](CO)[C@@H](C)CC)C(=O)[C@H]13. The first kappa shape index (κ1) is 30.7. The number of benzene rings is 1. The summed E-state index contributed by atoms with van der Waals surface area (Å²) < 4.78 is 4.87. The lowest BCUT2D eigenvalue weighted by atomic mass is 9.71. The van der Waals surface area contributed by atoms with Crippen molar-refractivity contribution < 1.29 is 24.2 Å². The van der Waals surface area contributed by atoms with E-state index < -0.39 is 28.7 Å². The van der Waals surface area contributed by atoms with Crippen LogP contribution >= 0.6 is 23.4 Å². The molecule has 0 radical (unpaired) electrons. The normalized spacial score (nSPS) is 28.2. The van der Waals surface area contributed by atoms with E-state index in [0.717, 1.165) is 24.8 Å². The molecule has 1 aromatic carbocycles. The highest BCUT2D eigenvalue weighted by atomic mass is 35.5. The molecule has 0 aromatic heterocycles. The molecule has 2 bridgehead atoms. The van der Waals surface area contributed by atoms with Gasteiger partial charge < -0.3 is 19.6 Å². The number of hydrogen-bond acceptors (Lipinski definition) is 6. The van der Waals surface area contributed by atoms with Crippen LogP contribution in [0.1, 0.15) is 51.5 Å². The highest BCUT2D eigenvalue weighted by molar-refractivity contribution is 8.02. The number of fused-ring (bicyclic) bond motifs is 1. The number of aliphatic hydroxyl groups excluding tert-OH is 1. The van der Waals surface area contributed by atoms with Crippen molar-refractivity contribution in [1.29, 1.82) is 0 Å². The molecule has 3 fully saturated rings. The van der Waals surface area contributed by atoms with E-state index in [9.17, 15) is 19.5 Å². The van der Waals surface area contributed by atoms with Gasteiger partial charge in [-0.05, 0) is 50.2 Å². The van der Waals surface area contributed by atoms with Crippen molar-refractivity contribution >= 4 is 46.8 Å². The molecule has 3 aliphatic heterocycles. The minimum Gasteiger partial charge on any atom is -0.465 e. The molecule has 2 amide bonds. The number of para-hydroxylation sites is 1. The summed E-state index contributed by atoms with van der Waals surface area (Å²) >= 11 is 8.23. The number of likely N-dealkylation sites (tertiary alicyclic amines) is 1. The topological polar surface area (TPSA) is 87.2 Å². The van der Waals surface area contributed by atoms with Crippen LogP contribution in [0.5, 0.6) is 0 Å². The van der Waals surface area contributed by atoms with E-state index in [0.29, 0.717) is 23.6 Å². The molecule has 7 atom stereocenters. The van der Waals surface area contributed by atoms with Crippen LogP contribution in [0.3, 0.4) is 0 Å². The second kappa shape index (κ2) is 12.7. The number of amides is 2. The highest BCUT2D eigenvalue weighted by Gasteiger charge is 2.75. The lowest BCUT2D eigenvalue weighted by molar-refractivity contribution is -0.154. The van der Waals surface area contributed by atoms with E-state index in [-0.39, 0.29) is 48.7 Å². The van der Waals surface area contributed by atoms with Gasteiger partial charge in [-0.1, -0.05) is 56.2 Å². The summed E-state index contributed by atoms with van der Waals surface area (Å²) in [7, 11) is 0. The molecule has 3 saturated heterocycles. The Hall–Kier alpha value is -2.29. The van der Waals surface area contributed by atoms with Crippen LogP contribution in [0.4, 0.5) is 5.69 Å². The van der Waals surface area contributed by atoms with Crippen LogP contribution in [0.25, 0.3) is 0 Å². The van der Waals surface area contributed by atoms with Gasteiger partial charge in [0.25, 0.3) is 5.91 Å². The average Bonchev–Trinajstić information content (AvgIpc) is 3.58. The van der Waals surface area contributed by atoms with Crippen LogP contribution in [0.15, 0.2) is 43.5 Å². The van der Waals surface area contributed by atoms with E-state index >= 15 is 0 Å². The van der Waals surface area contributed by atoms with Gasteiger partial charge in [-0.15, -0.1) is 24.9 Å². The molecule has 218 valence electrons. The van der Waals surface area contributed by atoms with Gasteiger partial charge in [0.1, 0.15) is 6.04 Å². The number of hydrogen-bond donors (Lipinski definition) is 1. The fourth-order valence-electron chi connectivity index (χ4n) is 6.84. The fraction of sp³-hybridized carbons (Fsp3) is 0.581. The Morgan fingerprint density at radius 1 is 1.35 bits per heavy atom. The van der Waals surface area contributed by atoms with Crippen molar-refractivity contribution in [1.82, 2.24) is 4.90 Å². The molecule has 0 saturated carbocycles. The maximum absolute atomic E-state index is 14.8. The highest BCUT2D eigenvalue weighted by Crippen LogP contribution is 2.67. The van der Waals surface area contributed by atoms with Crippen molar-refractivity contribution in [2.75, 3.05) is 24.7 Å². The molecule has 7 nitrogen and oxygen atoms in total. The van der Waals surface area contributed by atoms with Gasteiger partial charge in [0.15, 0.2) is 0 Å². The Morgan fingerprint density at radius 2 is 2.10 bits per heavy atom. The number of unbranched alkanes of at least 4 members (excludes halogenated alkanes) is 1. The zero-order valence-electron chi connectivity index (χ0n) is 23.7. The van der Waals surface area contributed by atoms with Crippen LogP contribution < -0.4 is 4.90 Å². The Labute approximate surface area is 246 Å². The zero-order chi connectivity index (χ0) is 29.2. The Bertz CT molecular complexity index is 1140. The lowest BCUT2D eigenvalue weighted by Gasteiger charge is -2.41. The molecule has 4 rings (SSSR count). The average molecular weight is 589 g/mol. The van der Waals surface area contributed by atoms with Crippen molar-refractivity contribution in [3.63, 3.8) is 0 Å². The number of ether oxygens (including phenoxy) is 1. The largest absolute Gasteiger partial charge is 0.465 e. The van der Waals surface area contributed by atoms with Crippen molar-refractivity contribution in [2.45, 2.75) is 75.0 Å². The van der Waals surface area contributed by atoms with E-state index in [1.807, 2.05) is 32.9 Å². The van der Waals surface area contributed by atoms with Gasteiger partial charge in [0.05, 0.1) is 46.5 Å². The van der Waals surface area contributed by atoms with Gasteiger partial charge in [-0.3, -0.25) is 14.4 Å². The quantitative estimate of drug-likeness (QED) is 0.194. The number of carbonyl (C=O) groups excluding carboxylic acids is 3. The summed E-state index contributed by atoms with van der Waals surface area (Å²) in [6, 6.07) is 4.05. The summed E-state index contributed by atoms with van der Waals surface area (Å²) in [6.07, 6.45) is 6.91.